The lowest BCUT2D eigenvalue weighted by Gasteiger charge is -2.32. The van der Waals surface area contributed by atoms with E-state index in [1.54, 1.807) is 4.90 Å². The molecule has 0 aromatic heterocycles. The first kappa shape index (κ1) is 19.1. The van der Waals surface area contributed by atoms with Crippen molar-refractivity contribution in [1.82, 2.24) is 4.90 Å². The van der Waals surface area contributed by atoms with Gasteiger partial charge in [-0.1, -0.05) is 17.7 Å². The maximum absolute atomic E-state index is 13.7. The van der Waals surface area contributed by atoms with Crippen molar-refractivity contribution in [2.24, 2.45) is 0 Å². The molecule has 3 rings (SSSR count). The summed E-state index contributed by atoms with van der Waals surface area (Å²) in [4.78, 5) is 14.1. The molecule has 1 heterocycles. The lowest BCUT2D eigenvalue weighted by atomic mass is 10.1. The Morgan fingerprint density at radius 1 is 1.07 bits per heavy atom. The summed E-state index contributed by atoms with van der Waals surface area (Å²) >= 11 is 0. The van der Waals surface area contributed by atoms with Gasteiger partial charge in [0.15, 0.2) is 18.2 Å². The molecule has 1 fully saturated rings. The van der Waals surface area contributed by atoms with E-state index in [-0.39, 0.29) is 24.4 Å². The van der Waals surface area contributed by atoms with Crippen molar-refractivity contribution >= 4 is 5.91 Å². The van der Waals surface area contributed by atoms with Crippen LogP contribution in [0.25, 0.3) is 0 Å². The number of carbonyl (C=O) groups is 1. The molecule has 0 unspecified atom stereocenters. The van der Waals surface area contributed by atoms with Crippen LogP contribution < -0.4 is 9.47 Å². The third-order valence-corrected chi connectivity index (χ3v) is 4.66. The monoisotopic (exact) mass is 375 g/mol. The summed E-state index contributed by atoms with van der Waals surface area (Å²) in [5.74, 6) is -0.681. The summed E-state index contributed by atoms with van der Waals surface area (Å²) < 4.78 is 37.9. The van der Waals surface area contributed by atoms with E-state index in [0.29, 0.717) is 31.7 Å². The lowest BCUT2D eigenvalue weighted by molar-refractivity contribution is -0.135. The molecule has 1 aliphatic rings. The number of aryl methyl sites for hydroxylation is 2. The SMILES string of the molecule is Cc1ccc(OCC(=O)N2CCC(Oc3ccc(F)cc3F)CC2)c(C)c1. The Hall–Kier alpha value is -2.63. The minimum Gasteiger partial charge on any atom is -0.487 e. The number of hydrogen-bond acceptors (Lipinski definition) is 3. The Balaban J connectivity index is 1.47. The van der Waals surface area contributed by atoms with E-state index < -0.39 is 11.6 Å². The van der Waals surface area contributed by atoms with Crippen molar-refractivity contribution < 1.29 is 23.0 Å². The van der Waals surface area contributed by atoms with Crippen LogP contribution in [0.5, 0.6) is 11.5 Å². The molecule has 1 aliphatic heterocycles. The van der Waals surface area contributed by atoms with Crippen molar-refractivity contribution in [3.05, 3.63) is 59.2 Å². The quantitative estimate of drug-likeness (QED) is 0.792. The highest BCUT2D eigenvalue weighted by Gasteiger charge is 2.25. The van der Waals surface area contributed by atoms with Gasteiger partial charge in [0.2, 0.25) is 0 Å². The highest BCUT2D eigenvalue weighted by atomic mass is 19.1. The van der Waals surface area contributed by atoms with Gasteiger partial charge in [0.25, 0.3) is 5.91 Å². The molecule has 0 atom stereocenters. The number of amides is 1. The minimum absolute atomic E-state index is 0.0119. The molecule has 0 spiro atoms. The standard InChI is InChI=1S/C21H23F2NO3/c1-14-3-5-19(15(2)11-14)26-13-21(25)24-9-7-17(8-10-24)27-20-6-4-16(22)12-18(20)23/h3-6,11-12,17H,7-10,13H2,1-2H3. The molecule has 0 bridgehead atoms. The molecule has 6 heteroatoms. The molecular formula is C21H23F2NO3. The molecule has 2 aromatic rings. The van der Waals surface area contributed by atoms with Crippen molar-refractivity contribution in [3.8, 4) is 11.5 Å². The first-order valence-electron chi connectivity index (χ1n) is 9.02. The number of piperidine rings is 1. The first-order chi connectivity index (χ1) is 12.9. The average molecular weight is 375 g/mol. The number of nitrogens with zero attached hydrogens (tertiary/aromatic N) is 1. The molecular weight excluding hydrogens is 352 g/mol. The lowest BCUT2D eigenvalue weighted by Crippen LogP contribution is -2.43. The second kappa shape index (κ2) is 8.37. The van der Waals surface area contributed by atoms with Crippen LogP contribution in [0.1, 0.15) is 24.0 Å². The summed E-state index contributed by atoms with van der Waals surface area (Å²) in [6, 6.07) is 9.09. The van der Waals surface area contributed by atoms with Crippen LogP contribution in [0.2, 0.25) is 0 Å². The number of carbonyl (C=O) groups excluding carboxylic acids is 1. The normalized spacial score (nSPS) is 14.9. The molecule has 0 saturated carbocycles. The van der Waals surface area contributed by atoms with Crippen LogP contribution in [-0.4, -0.2) is 36.6 Å². The molecule has 1 saturated heterocycles. The Morgan fingerprint density at radius 2 is 1.78 bits per heavy atom. The zero-order chi connectivity index (χ0) is 19.4. The number of benzene rings is 2. The number of halogens is 2. The van der Waals surface area contributed by atoms with E-state index in [0.717, 1.165) is 17.2 Å². The zero-order valence-electron chi connectivity index (χ0n) is 15.5. The Bertz CT molecular complexity index is 817. The van der Waals surface area contributed by atoms with E-state index in [1.165, 1.54) is 12.1 Å². The molecule has 4 nitrogen and oxygen atoms in total. The van der Waals surface area contributed by atoms with Crippen LogP contribution in [-0.2, 0) is 4.79 Å². The van der Waals surface area contributed by atoms with E-state index in [1.807, 2.05) is 32.0 Å². The Morgan fingerprint density at radius 3 is 2.44 bits per heavy atom. The Kier molecular flexibility index (Phi) is 5.94. The first-order valence-corrected chi connectivity index (χ1v) is 9.02. The van der Waals surface area contributed by atoms with Gasteiger partial charge in [-0.3, -0.25) is 4.79 Å². The molecule has 0 N–H and O–H groups in total. The Labute approximate surface area is 157 Å². The van der Waals surface area contributed by atoms with Crippen LogP contribution in [0.3, 0.4) is 0 Å². The van der Waals surface area contributed by atoms with E-state index in [4.69, 9.17) is 9.47 Å². The van der Waals surface area contributed by atoms with Crippen LogP contribution in [0, 0.1) is 25.5 Å². The number of rotatable bonds is 5. The second-order valence-electron chi connectivity index (χ2n) is 6.83. The highest BCUT2D eigenvalue weighted by Crippen LogP contribution is 2.23. The summed E-state index contributed by atoms with van der Waals surface area (Å²) in [5.41, 5.74) is 2.14. The minimum atomic E-state index is -0.713. The number of ether oxygens (including phenoxy) is 2. The van der Waals surface area contributed by atoms with Gasteiger partial charge in [0.05, 0.1) is 0 Å². The van der Waals surface area contributed by atoms with Gasteiger partial charge in [0.1, 0.15) is 17.7 Å². The van der Waals surface area contributed by atoms with Crippen molar-refractivity contribution in [2.75, 3.05) is 19.7 Å². The highest BCUT2D eigenvalue weighted by molar-refractivity contribution is 5.77. The molecule has 144 valence electrons. The second-order valence-corrected chi connectivity index (χ2v) is 6.83. The van der Waals surface area contributed by atoms with Gasteiger partial charge < -0.3 is 14.4 Å². The van der Waals surface area contributed by atoms with Gasteiger partial charge in [-0.2, -0.15) is 0 Å². The zero-order valence-corrected chi connectivity index (χ0v) is 15.5. The maximum atomic E-state index is 13.7. The van der Waals surface area contributed by atoms with Gasteiger partial charge in [-0.15, -0.1) is 0 Å². The smallest absolute Gasteiger partial charge is 0.260 e. The van der Waals surface area contributed by atoms with E-state index >= 15 is 0 Å². The van der Waals surface area contributed by atoms with Crippen molar-refractivity contribution in [3.63, 3.8) is 0 Å². The van der Waals surface area contributed by atoms with Crippen molar-refractivity contribution in [1.29, 1.82) is 0 Å². The number of likely N-dealkylation sites (tertiary alicyclic amines) is 1. The van der Waals surface area contributed by atoms with Gasteiger partial charge in [-0.25, -0.2) is 8.78 Å². The van der Waals surface area contributed by atoms with Crippen LogP contribution in [0.15, 0.2) is 36.4 Å². The van der Waals surface area contributed by atoms with E-state index in [9.17, 15) is 13.6 Å². The molecule has 0 radical (unpaired) electrons. The van der Waals surface area contributed by atoms with Gasteiger partial charge in [-0.05, 0) is 37.6 Å². The van der Waals surface area contributed by atoms with Gasteiger partial charge in [0, 0.05) is 32.0 Å². The predicted octanol–water partition coefficient (Wildman–Crippen LogP) is 4.03. The number of hydrogen-bond donors (Lipinski definition) is 0. The van der Waals surface area contributed by atoms with Gasteiger partial charge >= 0.3 is 0 Å². The average Bonchev–Trinajstić information content (AvgIpc) is 2.64. The fraction of sp³-hybridized carbons (Fsp3) is 0.381. The molecule has 27 heavy (non-hydrogen) atoms. The summed E-state index contributed by atoms with van der Waals surface area (Å²) in [6.45, 7) is 4.98. The predicted molar refractivity (Wildman–Crippen MR) is 98.0 cm³/mol. The molecule has 1 amide bonds. The largest absolute Gasteiger partial charge is 0.487 e. The topological polar surface area (TPSA) is 38.8 Å². The van der Waals surface area contributed by atoms with E-state index in [2.05, 4.69) is 0 Å². The molecule has 0 aliphatic carbocycles. The third kappa shape index (κ3) is 4.96. The molecule has 2 aromatic carbocycles. The van der Waals surface area contributed by atoms with Crippen molar-refractivity contribution in [2.45, 2.75) is 32.8 Å². The summed E-state index contributed by atoms with van der Waals surface area (Å²) in [5, 5.41) is 0. The third-order valence-electron chi connectivity index (χ3n) is 4.66. The fourth-order valence-electron chi connectivity index (χ4n) is 3.17. The summed E-state index contributed by atoms with van der Waals surface area (Å²) in [7, 11) is 0. The van der Waals surface area contributed by atoms with Crippen LogP contribution >= 0.6 is 0 Å². The summed E-state index contributed by atoms with van der Waals surface area (Å²) in [6.07, 6.45) is 0.979. The fourth-order valence-corrected chi connectivity index (χ4v) is 3.17. The maximum Gasteiger partial charge on any atom is 0.260 e. The van der Waals surface area contributed by atoms with Crippen LogP contribution in [0.4, 0.5) is 8.78 Å².